The number of carbonyl (C=O) groups excluding carboxylic acids is 2. The van der Waals surface area contributed by atoms with Crippen molar-refractivity contribution in [2.24, 2.45) is 0 Å². The first-order chi connectivity index (χ1) is 13.8. The lowest BCUT2D eigenvalue weighted by Gasteiger charge is -2.15. The van der Waals surface area contributed by atoms with Crippen LogP contribution in [-0.2, 0) is 4.74 Å². The zero-order valence-electron chi connectivity index (χ0n) is 17.2. The average molecular weight is 395 g/mol. The third-order valence-corrected chi connectivity index (χ3v) is 4.64. The third kappa shape index (κ3) is 4.37. The second-order valence-electron chi connectivity index (χ2n) is 7.21. The number of H-pyrrole nitrogens is 1. The van der Waals surface area contributed by atoms with Gasteiger partial charge in [-0.15, -0.1) is 0 Å². The summed E-state index contributed by atoms with van der Waals surface area (Å²) >= 11 is 0. The number of esters is 1. The number of aromatic amines is 1. The van der Waals surface area contributed by atoms with Crippen LogP contribution in [0.25, 0.3) is 5.69 Å². The topological polar surface area (TPSA) is 102 Å². The van der Waals surface area contributed by atoms with Gasteiger partial charge in [-0.1, -0.05) is 12.1 Å². The van der Waals surface area contributed by atoms with E-state index in [1.165, 1.54) is 6.33 Å². The summed E-state index contributed by atoms with van der Waals surface area (Å²) in [6, 6.07) is 7.47. The number of nitrogens with zero attached hydrogens (tertiary/aromatic N) is 3. The molecule has 2 N–H and O–H groups in total. The van der Waals surface area contributed by atoms with Crippen molar-refractivity contribution >= 4 is 11.9 Å². The van der Waals surface area contributed by atoms with Crippen molar-refractivity contribution in [1.29, 1.82) is 0 Å². The van der Waals surface area contributed by atoms with Crippen LogP contribution in [0.5, 0.6) is 0 Å². The van der Waals surface area contributed by atoms with E-state index in [2.05, 4.69) is 20.4 Å². The Hall–Kier alpha value is -3.42. The van der Waals surface area contributed by atoms with Gasteiger partial charge in [-0.2, -0.15) is 5.10 Å². The predicted octanol–water partition coefficient (Wildman–Crippen LogP) is 3.27. The lowest BCUT2D eigenvalue weighted by atomic mass is 10.1. The molecule has 2 heterocycles. The number of carbonyl (C=O) groups is 2. The van der Waals surface area contributed by atoms with E-state index in [1.54, 1.807) is 38.7 Å². The molecule has 0 aliphatic heterocycles. The molecule has 8 nitrogen and oxygen atoms in total. The molecule has 0 radical (unpaired) electrons. The monoisotopic (exact) mass is 395 g/mol. The number of rotatable bonds is 6. The Morgan fingerprint density at radius 1 is 1.14 bits per heavy atom. The molecule has 0 aliphatic carbocycles. The number of aromatic nitrogens is 4. The molecule has 3 aromatic rings. The fourth-order valence-corrected chi connectivity index (χ4v) is 3.17. The summed E-state index contributed by atoms with van der Waals surface area (Å²) in [4.78, 5) is 32.1. The minimum atomic E-state index is -0.429. The van der Waals surface area contributed by atoms with E-state index < -0.39 is 5.97 Å². The van der Waals surface area contributed by atoms with Crippen LogP contribution in [-0.4, -0.2) is 37.7 Å². The highest BCUT2D eigenvalue weighted by atomic mass is 16.5. The summed E-state index contributed by atoms with van der Waals surface area (Å²) < 4.78 is 6.94. The van der Waals surface area contributed by atoms with Gasteiger partial charge in [0.05, 0.1) is 23.4 Å². The van der Waals surface area contributed by atoms with Crippen molar-refractivity contribution in [3.8, 4) is 5.69 Å². The molecule has 0 aliphatic rings. The molecule has 0 bridgehead atoms. The first-order valence-electron chi connectivity index (χ1n) is 9.44. The lowest BCUT2D eigenvalue weighted by molar-refractivity contribution is 0.0376. The molecule has 1 atom stereocenters. The molecular weight excluding hydrogens is 370 g/mol. The van der Waals surface area contributed by atoms with Gasteiger partial charge in [-0.25, -0.2) is 14.5 Å². The first kappa shape index (κ1) is 20.3. The summed E-state index contributed by atoms with van der Waals surface area (Å²) in [6.07, 6.45) is 2.87. The smallest absolute Gasteiger partial charge is 0.340 e. The van der Waals surface area contributed by atoms with Crippen LogP contribution in [0.4, 0.5) is 0 Å². The normalized spacial score (nSPS) is 12.1. The third-order valence-electron chi connectivity index (χ3n) is 4.64. The SMILES string of the molecule is Cc1[nH]c(C(=O)NC(C)c2ccc(-n3cncn3)cc2)c(C)c1C(=O)OC(C)C. The molecule has 1 amide bonds. The Bertz CT molecular complexity index is 1000. The molecular formula is C21H25N5O3. The fourth-order valence-electron chi connectivity index (χ4n) is 3.17. The van der Waals surface area contributed by atoms with Gasteiger partial charge in [0.2, 0.25) is 0 Å². The number of hydrogen-bond donors (Lipinski definition) is 2. The number of amides is 1. The molecule has 3 rings (SSSR count). The molecule has 29 heavy (non-hydrogen) atoms. The summed E-state index contributed by atoms with van der Waals surface area (Å²) in [7, 11) is 0. The Balaban J connectivity index is 1.74. The average Bonchev–Trinajstić information content (AvgIpc) is 3.29. The molecule has 0 spiro atoms. The lowest BCUT2D eigenvalue weighted by Crippen LogP contribution is -2.27. The highest BCUT2D eigenvalue weighted by Crippen LogP contribution is 2.21. The molecule has 1 unspecified atom stereocenters. The molecule has 0 saturated carbocycles. The van der Waals surface area contributed by atoms with E-state index in [0.29, 0.717) is 22.5 Å². The minimum Gasteiger partial charge on any atom is -0.459 e. The van der Waals surface area contributed by atoms with Crippen molar-refractivity contribution in [2.45, 2.75) is 46.8 Å². The quantitative estimate of drug-likeness (QED) is 0.624. The van der Waals surface area contributed by atoms with Gasteiger partial charge in [0.25, 0.3) is 5.91 Å². The number of hydrogen-bond acceptors (Lipinski definition) is 5. The van der Waals surface area contributed by atoms with E-state index in [-0.39, 0.29) is 18.1 Å². The number of aryl methyl sites for hydroxylation is 1. The van der Waals surface area contributed by atoms with Gasteiger partial charge in [-0.3, -0.25) is 4.79 Å². The maximum absolute atomic E-state index is 12.8. The van der Waals surface area contributed by atoms with Gasteiger partial charge >= 0.3 is 5.97 Å². The van der Waals surface area contributed by atoms with E-state index in [1.807, 2.05) is 31.2 Å². The van der Waals surface area contributed by atoms with Crippen molar-refractivity contribution in [1.82, 2.24) is 25.1 Å². The molecule has 2 aromatic heterocycles. The highest BCUT2D eigenvalue weighted by molar-refractivity contribution is 6.00. The van der Waals surface area contributed by atoms with Crippen LogP contribution < -0.4 is 5.32 Å². The van der Waals surface area contributed by atoms with E-state index in [0.717, 1.165) is 11.3 Å². The minimum absolute atomic E-state index is 0.221. The second-order valence-corrected chi connectivity index (χ2v) is 7.21. The first-order valence-corrected chi connectivity index (χ1v) is 9.44. The molecule has 0 fully saturated rings. The van der Waals surface area contributed by atoms with Crippen LogP contribution in [0.1, 0.15) is 64.5 Å². The van der Waals surface area contributed by atoms with Gasteiger partial charge in [0, 0.05) is 5.69 Å². The summed E-state index contributed by atoms with van der Waals surface area (Å²) in [5.74, 6) is -0.705. The number of ether oxygens (including phenoxy) is 1. The maximum atomic E-state index is 12.8. The van der Waals surface area contributed by atoms with E-state index in [4.69, 9.17) is 4.74 Å². The fraction of sp³-hybridized carbons (Fsp3) is 0.333. The summed E-state index contributed by atoms with van der Waals surface area (Å²) in [5, 5.41) is 7.07. The second kappa shape index (κ2) is 8.30. The van der Waals surface area contributed by atoms with Gasteiger partial charge in [-0.05, 0) is 57.9 Å². The zero-order valence-corrected chi connectivity index (χ0v) is 17.2. The summed E-state index contributed by atoms with van der Waals surface area (Å²) in [5.41, 5.74) is 3.80. The molecule has 1 aromatic carbocycles. The molecule has 8 heteroatoms. The molecule has 152 valence electrons. The van der Waals surface area contributed by atoms with Crippen molar-refractivity contribution in [2.75, 3.05) is 0 Å². The van der Waals surface area contributed by atoms with Crippen molar-refractivity contribution in [3.05, 3.63) is 65.0 Å². The zero-order chi connectivity index (χ0) is 21.1. The van der Waals surface area contributed by atoms with Gasteiger partial charge < -0.3 is 15.0 Å². The Labute approximate surface area is 169 Å². The Kier molecular flexibility index (Phi) is 5.81. The van der Waals surface area contributed by atoms with Gasteiger partial charge in [0.15, 0.2) is 0 Å². The van der Waals surface area contributed by atoms with Crippen LogP contribution in [0.2, 0.25) is 0 Å². The van der Waals surface area contributed by atoms with Crippen molar-refractivity contribution < 1.29 is 14.3 Å². The van der Waals surface area contributed by atoms with Crippen LogP contribution in [0, 0.1) is 13.8 Å². The standard InChI is InChI=1S/C21H25N5O3/c1-12(2)29-21(28)18-13(3)19(24-15(18)5)20(27)25-14(4)16-6-8-17(9-7-16)26-11-22-10-23-26/h6-12,14,24H,1-5H3,(H,25,27). The highest BCUT2D eigenvalue weighted by Gasteiger charge is 2.24. The maximum Gasteiger partial charge on any atom is 0.340 e. The summed E-state index contributed by atoms with van der Waals surface area (Å²) in [6.45, 7) is 8.98. The van der Waals surface area contributed by atoms with Crippen LogP contribution in [0.3, 0.4) is 0 Å². The molecule has 0 saturated heterocycles. The number of benzene rings is 1. The van der Waals surface area contributed by atoms with E-state index in [9.17, 15) is 9.59 Å². The predicted molar refractivity (Wildman–Crippen MR) is 108 cm³/mol. The Morgan fingerprint density at radius 2 is 1.83 bits per heavy atom. The Morgan fingerprint density at radius 3 is 2.41 bits per heavy atom. The van der Waals surface area contributed by atoms with Crippen molar-refractivity contribution in [3.63, 3.8) is 0 Å². The van der Waals surface area contributed by atoms with E-state index >= 15 is 0 Å². The van der Waals surface area contributed by atoms with Gasteiger partial charge in [0.1, 0.15) is 18.3 Å². The number of nitrogens with one attached hydrogen (secondary N) is 2. The van der Waals surface area contributed by atoms with Crippen LogP contribution in [0.15, 0.2) is 36.9 Å². The largest absolute Gasteiger partial charge is 0.459 e. The van der Waals surface area contributed by atoms with Crippen LogP contribution >= 0.6 is 0 Å².